The minimum absolute atomic E-state index is 0.0800. The number of methoxy groups -OCH3 is 1. The van der Waals surface area contributed by atoms with Crippen molar-refractivity contribution in [2.24, 2.45) is 0 Å². The summed E-state index contributed by atoms with van der Waals surface area (Å²) in [5.74, 6) is 1.74. The normalized spacial score (nSPS) is 15.6. The second kappa shape index (κ2) is 10.8. The zero-order valence-corrected chi connectivity index (χ0v) is 18.4. The predicted molar refractivity (Wildman–Crippen MR) is 120 cm³/mol. The Morgan fingerprint density at radius 1 is 1.19 bits per heavy atom. The van der Waals surface area contributed by atoms with E-state index in [2.05, 4.69) is 10.6 Å². The first-order chi connectivity index (χ1) is 15.0. The minimum atomic E-state index is -0.0954. The van der Waals surface area contributed by atoms with E-state index in [1.165, 1.54) is 0 Å². The fraction of sp³-hybridized carbons (Fsp3) is 0.417. The van der Waals surface area contributed by atoms with Crippen LogP contribution in [0, 0.1) is 0 Å². The van der Waals surface area contributed by atoms with Crippen molar-refractivity contribution >= 4 is 11.8 Å². The molecule has 0 bridgehead atoms. The van der Waals surface area contributed by atoms with Gasteiger partial charge in [0, 0.05) is 49.8 Å². The third kappa shape index (κ3) is 5.76. The Morgan fingerprint density at radius 2 is 2.03 bits per heavy atom. The molecule has 7 heteroatoms. The smallest absolute Gasteiger partial charge is 0.251 e. The molecule has 1 aliphatic rings. The summed E-state index contributed by atoms with van der Waals surface area (Å²) in [5.41, 5.74) is 2.74. The van der Waals surface area contributed by atoms with Gasteiger partial charge in [-0.2, -0.15) is 0 Å². The minimum Gasteiger partial charge on any atom is -0.497 e. The number of nitrogens with one attached hydrogen (secondary N) is 2. The lowest BCUT2D eigenvalue weighted by atomic mass is 9.96. The van der Waals surface area contributed by atoms with Crippen molar-refractivity contribution in [3.63, 3.8) is 0 Å². The van der Waals surface area contributed by atoms with Gasteiger partial charge in [0.15, 0.2) is 0 Å². The number of nitrogens with zero attached hydrogens (tertiary/aromatic N) is 1. The van der Waals surface area contributed by atoms with Gasteiger partial charge in [-0.3, -0.25) is 9.59 Å². The van der Waals surface area contributed by atoms with E-state index in [0.717, 1.165) is 35.6 Å². The lowest BCUT2D eigenvalue weighted by Crippen LogP contribution is -2.36. The van der Waals surface area contributed by atoms with E-state index in [0.29, 0.717) is 25.3 Å². The number of carbonyl (C=O) groups excluding carboxylic acids is 2. The molecular formula is C24H31N3O4. The van der Waals surface area contributed by atoms with Gasteiger partial charge in [-0.05, 0) is 37.1 Å². The Morgan fingerprint density at radius 3 is 2.77 bits per heavy atom. The molecule has 2 aromatic rings. The van der Waals surface area contributed by atoms with Gasteiger partial charge < -0.3 is 25.0 Å². The summed E-state index contributed by atoms with van der Waals surface area (Å²) in [6.45, 7) is 4.70. The molecule has 0 unspecified atom stereocenters. The highest BCUT2D eigenvalue weighted by Crippen LogP contribution is 2.28. The van der Waals surface area contributed by atoms with Crippen molar-refractivity contribution < 1.29 is 19.1 Å². The molecule has 0 saturated carbocycles. The van der Waals surface area contributed by atoms with E-state index in [1.807, 2.05) is 48.2 Å². The Balaban J connectivity index is 1.53. The zero-order chi connectivity index (χ0) is 22.2. The average Bonchev–Trinajstić information content (AvgIpc) is 3.30. The maximum absolute atomic E-state index is 12.7. The molecule has 1 saturated heterocycles. The summed E-state index contributed by atoms with van der Waals surface area (Å²) in [7, 11) is 3.25. The number of rotatable bonds is 9. The standard InChI is InChI=1S/C24H31N3O4/c1-4-31-22-13-21(30-3)9-8-19(22)14-26-15-23(28)27-11-10-20(16-27)17-6-5-7-18(12-17)24(29)25-2/h5-9,12-13,20,26H,4,10-11,14-16H2,1-3H3,(H,25,29)/t20-/m0/s1. The summed E-state index contributed by atoms with van der Waals surface area (Å²) in [4.78, 5) is 26.5. The fourth-order valence-electron chi connectivity index (χ4n) is 3.85. The van der Waals surface area contributed by atoms with Gasteiger partial charge in [-0.15, -0.1) is 0 Å². The fourth-order valence-corrected chi connectivity index (χ4v) is 3.85. The van der Waals surface area contributed by atoms with Crippen LogP contribution < -0.4 is 20.1 Å². The molecule has 0 radical (unpaired) electrons. The van der Waals surface area contributed by atoms with Crippen molar-refractivity contribution in [1.29, 1.82) is 0 Å². The van der Waals surface area contributed by atoms with Crippen LogP contribution in [-0.2, 0) is 11.3 Å². The maximum atomic E-state index is 12.7. The van der Waals surface area contributed by atoms with Crippen molar-refractivity contribution in [3.8, 4) is 11.5 Å². The molecule has 1 atom stereocenters. The van der Waals surface area contributed by atoms with Crippen LogP contribution >= 0.6 is 0 Å². The number of likely N-dealkylation sites (tertiary alicyclic amines) is 1. The molecule has 2 amide bonds. The summed E-state index contributed by atoms with van der Waals surface area (Å²) < 4.78 is 10.9. The summed E-state index contributed by atoms with van der Waals surface area (Å²) in [6, 6.07) is 13.4. The highest BCUT2D eigenvalue weighted by molar-refractivity contribution is 5.94. The first kappa shape index (κ1) is 22.6. The zero-order valence-electron chi connectivity index (χ0n) is 18.4. The van der Waals surface area contributed by atoms with Crippen LogP contribution in [0.1, 0.15) is 40.7 Å². The summed E-state index contributed by atoms with van der Waals surface area (Å²) in [5, 5.41) is 5.89. The monoisotopic (exact) mass is 425 g/mol. The Hall–Kier alpha value is -3.06. The first-order valence-corrected chi connectivity index (χ1v) is 10.7. The SMILES string of the molecule is CCOc1cc(OC)ccc1CNCC(=O)N1CC[C@H](c2cccc(C(=O)NC)c2)C1. The van der Waals surface area contributed by atoms with Gasteiger partial charge in [-0.25, -0.2) is 0 Å². The lowest BCUT2D eigenvalue weighted by Gasteiger charge is -2.18. The molecule has 1 fully saturated rings. The van der Waals surface area contributed by atoms with Crippen molar-refractivity contribution in [2.75, 3.05) is 40.4 Å². The number of amides is 2. The first-order valence-electron chi connectivity index (χ1n) is 10.7. The molecule has 2 N–H and O–H groups in total. The van der Waals surface area contributed by atoms with E-state index in [4.69, 9.17) is 9.47 Å². The molecule has 0 aromatic heterocycles. The van der Waals surface area contributed by atoms with Crippen LogP contribution in [0.4, 0.5) is 0 Å². The Bertz CT molecular complexity index is 915. The van der Waals surface area contributed by atoms with Gasteiger partial charge in [0.1, 0.15) is 11.5 Å². The van der Waals surface area contributed by atoms with Gasteiger partial charge >= 0.3 is 0 Å². The molecule has 7 nitrogen and oxygen atoms in total. The van der Waals surface area contributed by atoms with E-state index in [9.17, 15) is 9.59 Å². The molecule has 1 heterocycles. The molecule has 1 aliphatic heterocycles. The van der Waals surface area contributed by atoms with Crippen LogP contribution in [0.2, 0.25) is 0 Å². The van der Waals surface area contributed by atoms with Crippen LogP contribution in [0.25, 0.3) is 0 Å². The van der Waals surface area contributed by atoms with Gasteiger partial charge in [0.05, 0.1) is 20.3 Å². The molecule has 3 rings (SSSR count). The molecule has 0 spiro atoms. The number of ether oxygens (including phenoxy) is 2. The van der Waals surface area contributed by atoms with E-state index in [1.54, 1.807) is 20.2 Å². The molecule has 166 valence electrons. The maximum Gasteiger partial charge on any atom is 0.251 e. The number of benzene rings is 2. The van der Waals surface area contributed by atoms with Crippen LogP contribution in [0.15, 0.2) is 42.5 Å². The van der Waals surface area contributed by atoms with Crippen LogP contribution in [-0.4, -0.2) is 57.1 Å². The third-order valence-corrected chi connectivity index (χ3v) is 5.55. The lowest BCUT2D eigenvalue weighted by molar-refractivity contribution is -0.129. The van der Waals surface area contributed by atoms with E-state index < -0.39 is 0 Å². The molecule has 31 heavy (non-hydrogen) atoms. The topological polar surface area (TPSA) is 79.9 Å². The van der Waals surface area contributed by atoms with Gasteiger partial charge in [-0.1, -0.05) is 18.2 Å². The second-order valence-electron chi connectivity index (χ2n) is 7.54. The molecular weight excluding hydrogens is 394 g/mol. The Kier molecular flexibility index (Phi) is 7.89. The number of hydrogen-bond acceptors (Lipinski definition) is 5. The quantitative estimate of drug-likeness (QED) is 0.646. The molecule has 2 aromatic carbocycles. The van der Waals surface area contributed by atoms with E-state index >= 15 is 0 Å². The predicted octanol–water partition coefficient (Wildman–Crippen LogP) is 2.56. The Labute approximate surface area is 183 Å². The van der Waals surface area contributed by atoms with Crippen molar-refractivity contribution in [3.05, 3.63) is 59.2 Å². The third-order valence-electron chi connectivity index (χ3n) is 5.55. The highest BCUT2D eigenvalue weighted by atomic mass is 16.5. The largest absolute Gasteiger partial charge is 0.497 e. The van der Waals surface area contributed by atoms with Crippen LogP contribution in [0.3, 0.4) is 0 Å². The van der Waals surface area contributed by atoms with Gasteiger partial charge in [0.2, 0.25) is 5.91 Å². The summed E-state index contributed by atoms with van der Waals surface area (Å²) >= 11 is 0. The second-order valence-corrected chi connectivity index (χ2v) is 7.54. The van der Waals surface area contributed by atoms with Crippen molar-refractivity contribution in [1.82, 2.24) is 15.5 Å². The average molecular weight is 426 g/mol. The molecule has 0 aliphatic carbocycles. The van der Waals surface area contributed by atoms with Crippen LogP contribution in [0.5, 0.6) is 11.5 Å². The van der Waals surface area contributed by atoms with Crippen molar-refractivity contribution in [2.45, 2.75) is 25.8 Å². The number of hydrogen-bond donors (Lipinski definition) is 2. The van der Waals surface area contributed by atoms with E-state index in [-0.39, 0.29) is 24.3 Å². The van der Waals surface area contributed by atoms with Gasteiger partial charge in [0.25, 0.3) is 5.91 Å². The number of carbonyl (C=O) groups is 2. The highest BCUT2D eigenvalue weighted by Gasteiger charge is 2.27. The summed E-state index contributed by atoms with van der Waals surface area (Å²) in [6.07, 6.45) is 0.899.